The number of nitrogens with zero attached hydrogens (tertiary/aromatic N) is 4. The molecule has 6 heteroatoms. The Bertz CT molecular complexity index is 743. The number of likely N-dealkylation sites (tertiary alicyclic amines) is 1. The summed E-state index contributed by atoms with van der Waals surface area (Å²) in [7, 11) is 1.84. The Morgan fingerprint density at radius 1 is 1.19 bits per heavy atom. The van der Waals surface area contributed by atoms with Crippen LogP contribution in [0.4, 0.5) is 4.79 Å². The minimum absolute atomic E-state index is 0.230. The van der Waals surface area contributed by atoms with Crippen LogP contribution in [0.1, 0.15) is 33.6 Å². The van der Waals surface area contributed by atoms with Gasteiger partial charge in [-0.05, 0) is 39.2 Å². The molecule has 0 bridgehead atoms. The lowest BCUT2D eigenvalue weighted by molar-refractivity contribution is 0.0135. The third-order valence-corrected chi connectivity index (χ3v) is 4.87. The smallest absolute Gasteiger partial charge is 0.410 e. The molecule has 0 spiro atoms. The molecular weight excluding hydrogens is 340 g/mol. The van der Waals surface area contributed by atoms with Crippen LogP contribution in [0.25, 0.3) is 11.1 Å². The summed E-state index contributed by atoms with van der Waals surface area (Å²) in [5, 5.41) is 4.50. The highest BCUT2D eigenvalue weighted by Gasteiger charge is 2.28. The second-order valence-corrected chi connectivity index (χ2v) is 8.22. The molecule has 1 aromatic heterocycles. The fraction of sp³-hybridized carbons (Fsp3) is 0.524. The highest BCUT2D eigenvalue weighted by atomic mass is 16.6. The summed E-state index contributed by atoms with van der Waals surface area (Å²) >= 11 is 0. The van der Waals surface area contributed by atoms with Crippen molar-refractivity contribution >= 4 is 6.09 Å². The zero-order chi connectivity index (χ0) is 19.4. The van der Waals surface area contributed by atoms with Gasteiger partial charge in [0.05, 0.1) is 12.9 Å². The van der Waals surface area contributed by atoms with Crippen LogP contribution in [0.2, 0.25) is 0 Å². The molecule has 1 saturated heterocycles. The first-order valence-electron chi connectivity index (χ1n) is 9.58. The van der Waals surface area contributed by atoms with Crippen molar-refractivity contribution in [1.82, 2.24) is 19.6 Å². The van der Waals surface area contributed by atoms with Gasteiger partial charge < -0.3 is 9.64 Å². The summed E-state index contributed by atoms with van der Waals surface area (Å²) in [6.07, 6.45) is 5.66. The molecule has 0 unspecified atom stereocenters. The molecular formula is C21H30N4O2. The van der Waals surface area contributed by atoms with Crippen LogP contribution in [0.3, 0.4) is 0 Å². The standard InChI is InChI=1S/C21H30N4O2/c1-21(2,3)27-20(26)23(4)19-10-12-24(13-11-19)16-25-15-18(14-22-25)17-8-6-5-7-9-17/h5-9,14-15,19H,10-13,16H2,1-4H3. The van der Waals surface area contributed by atoms with Crippen molar-refractivity contribution in [2.45, 2.75) is 51.9 Å². The quantitative estimate of drug-likeness (QED) is 0.820. The fourth-order valence-electron chi connectivity index (χ4n) is 3.36. The lowest BCUT2D eigenvalue weighted by Crippen LogP contribution is -2.47. The van der Waals surface area contributed by atoms with E-state index in [9.17, 15) is 4.79 Å². The molecule has 2 heterocycles. The number of amides is 1. The van der Waals surface area contributed by atoms with Crippen LogP contribution < -0.4 is 0 Å². The zero-order valence-electron chi connectivity index (χ0n) is 16.8. The van der Waals surface area contributed by atoms with Gasteiger partial charge >= 0.3 is 6.09 Å². The largest absolute Gasteiger partial charge is 0.444 e. The predicted octanol–water partition coefficient (Wildman–Crippen LogP) is 3.84. The van der Waals surface area contributed by atoms with E-state index in [0.29, 0.717) is 0 Å². The minimum Gasteiger partial charge on any atom is -0.444 e. The van der Waals surface area contributed by atoms with Crippen LogP contribution in [-0.2, 0) is 11.4 Å². The average molecular weight is 370 g/mol. The first-order valence-corrected chi connectivity index (χ1v) is 9.58. The molecule has 1 fully saturated rings. The Labute approximate surface area is 161 Å². The van der Waals surface area contributed by atoms with Crippen molar-refractivity contribution in [3.63, 3.8) is 0 Å². The van der Waals surface area contributed by atoms with Gasteiger partial charge in [-0.1, -0.05) is 30.3 Å². The lowest BCUT2D eigenvalue weighted by Gasteiger charge is -2.37. The Hall–Kier alpha value is -2.34. The van der Waals surface area contributed by atoms with Gasteiger partial charge in [0.25, 0.3) is 0 Å². The lowest BCUT2D eigenvalue weighted by atomic mass is 10.0. The molecule has 0 radical (unpaired) electrons. The molecule has 1 aliphatic heterocycles. The van der Waals surface area contributed by atoms with E-state index in [2.05, 4.69) is 28.3 Å². The molecule has 0 aliphatic carbocycles. The molecule has 2 aromatic rings. The molecule has 0 saturated carbocycles. The monoisotopic (exact) mass is 370 g/mol. The topological polar surface area (TPSA) is 50.6 Å². The number of aromatic nitrogens is 2. The highest BCUT2D eigenvalue weighted by molar-refractivity contribution is 5.68. The van der Waals surface area contributed by atoms with Crippen molar-refractivity contribution in [1.29, 1.82) is 0 Å². The molecule has 27 heavy (non-hydrogen) atoms. The molecule has 0 N–H and O–H groups in total. The first-order chi connectivity index (χ1) is 12.8. The van der Waals surface area contributed by atoms with Crippen molar-refractivity contribution in [3.8, 4) is 11.1 Å². The highest BCUT2D eigenvalue weighted by Crippen LogP contribution is 2.20. The number of hydrogen-bond donors (Lipinski definition) is 0. The third kappa shape index (κ3) is 5.32. The number of ether oxygens (including phenoxy) is 1. The number of rotatable bonds is 4. The molecule has 6 nitrogen and oxygen atoms in total. The van der Waals surface area contributed by atoms with Crippen molar-refractivity contribution in [2.24, 2.45) is 0 Å². The summed E-state index contributed by atoms with van der Waals surface area (Å²) in [4.78, 5) is 16.4. The maximum absolute atomic E-state index is 12.2. The van der Waals surface area contributed by atoms with E-state index in [1.807, 2.05) is 56.9 Å². The van der Waals surface area contributed by atoms with Gasteiger partial charge in [0.1, 0.15) is 5.60 Å². The first kappa shape index (κ1) is 19.4. The summed E-state index contributed by atoms with van der Waals surface area (Å²) in [5.74, 6) is 0. The number of piperidine rings is 1. The van der Waals surface area contributed by atoms with Crippen molar-refractivity contribution in [3.05, 3.63) is 42.7 Å². The second kappa shape index (κ2) is 8.13. The maximum atomic E-state index is 12.2. The van der Waals surface area contributed by atoms with Gasteiger partial charge in [0.2, 0.25) is 0 Å². The van der Waals surface area contributed by atoms with Crippen LogP contribution in [-0.4, -0.2) is 57.5 Å². The molecule has 146 valence electrons. The van der Waals surface area contributed by atoms with E-state index in [1.54, 1.807) is 4.90 Å². The second-order valence-electron chi connectivity index (χ2n) is 8.22. The van der Waals surface area contributed by atoms with Crippen LogP contribution >= 0.6 is 0 Å². The van der Waals surface area contributed by atoms with E-state index in [0.717, 1.165) is 38.2 Å². The SMILES string of the molecule is CN(C(=O)OC(C)(C)C)C1CCN(Cn2cc(-c3ccccc3)cn2)CC1. The molecule has 3 rings (SSSR count). The van der Waals surface area contributed by atoms with Crippen LogP contribution in [0.15, 0.2) is 42.7 Å². The molecule has 1 aliphatic rings. The molecule has 1 amide bonds. The van der Waals surface area contributed by atoms with Gasteiger partial charge in [-0.2, -0.15) is 5.10 Å². The van der Waals surface area contributed by atoms with Crippen LogP contribution in [0.5, 0.6) is 0 Å². The summed E-state index contributed by atoms with van der Waals surface area (Å²) in [6, 6.07) is 10.5. The normalized spacial score (nSPS) is 16.3. The number of carbonyl (C=O) groups excluding carboxylic acids is 1. The summed E-state index contributed by atoms with van der Waals surface area (Å²) in [6.45, 7) is 8.35. The average Bonchev–Trinajstić information content (AvgIpc) is 3.09. The van der Waals surface area contributed by atoms with Gasteiger partial charge in [-0.15, -0.1) is 0 Å². The number of hydrogen-bond acceptors (Lipinski definition) is 4. The minimum atomic E-state index is -0.456. The third-order valence-electron chi connectivity index (χ3n) is 4.87. The van der Waals surface area contributed by atoms with Crippen molar-refractivity contribution < 1.29 is 9.53 Å². The van der Waals surface area contributed by atoms with E-state index in [1.165, 1.54) is 5.56 Å². The van der Waals surface area contributed by atoms with Gasteiger partial charge in [-0.25, -0.2) is 4.79 Å². The summed E-state index contributed by atoms with van der Waals surface area (Å²) < 4.78 is 7.47. The van der Waals surface area contributed by atoms with E-state index in [4.69, 9.17) is 4.74 Å². The Morgan fingerprint density at radius 3 is 2.48 bits per heavy atom. The van der Waals surface area contributed by atoms with E-state index in [-0.39, 0.29) is 12.1 Å². The van der Waals surface area contributed by atoms with Crippen molar-refractivity contribution in [2.75, 3.05) is 20.1 Å². The number of benzene rings is 1. The Balaban J connectivity index is 1.50. The maximum Gasteiger partial charge on any atom is 0.410 e. The van der Waals surface area contributed by atoms with Gasteiger partial charge in [-0.3, -0.25) is 9.58 Å². The van der Waals surface area contributed by atoms with Crippen LogP contribution in [0, 0.1) is 0 Å². The predicted molar refractivity (Wildman–Crippen MR) is 106 cm³/mol. The van der Waals surface area contributed by atoms with E-state index < -0.39 is 5.60 Å². The van der Waals surface area contributed by atoms with Gasteiger partial charge in [0.15, 0.2) is 0 Å². The molecule has 0 atom stereocenters. The fourth-order valence-corrected chi connectivity index (χ4v) is 3.36. The van der Waals surface area contributed by atoms with E-state index >= 15 is 0 Å². The molecule has 1 aromatic carbocycles. The van der Waals surface area contributed by atoms with Gasteiger partial charge in [0, 0.05) is 37.9 Å². The summed E-state index contributed by atoms with van der Waals surface area (Å²) in [5.41, 5.74) is 1.86. The zero-order valence-corrected chi connectivity index (χ0v) is 16.8. The number of carbonyl (C=O) groups is 1. The Morgan fingerprint density at radius 2 is 1.85 bits per heavy atom. The Kier molecular flexibility index (Phi) is 5.85.